The molecule has 0 unspecified atom stereocenters. The molecule has 0 radical (unpaired) electrons. The van der Waals surface area contributed by atoms with E-state index in [1.54, 1.807) is 18.2 Å². The van der Waals surface area contributed by atoms with Gasteiger partial charge in [-0.1, -0.05) is 11.6 Å². The average molecular weight is 284 g/mol. The molecule has 104 valence electrons. The molecule has 0 aliphatic carbocycles. The molecule has 0 amide bonds. The molecule has 0 spiro atoms. The fourth-order valence-corrected chi connectivity index (χ4v) is 2.25. The second-order valence-corrected chi connectivity index (χ2v) is 4.87. The van der Waals surface area contributed by atoms with Crippen LogP contribution in [0.1, 0.15) is 16.8 Å². The number of morpholine rings is 1. The van der Waals surface area contributed by atoms with E-state index in [4.69, 9.17) is 21.1 Å². The summed E-state index contributed by atoms with van der Waals surface area (Å²) < 4.78 is 10.9. The number of nitrogens with zero attached hydrogens (tertiary/aromatic N) is 1. The highest BCUT2D eigenvalue weighted by molar-refractivity contribution is 6.32. The third kappa shape index (κ3) is 4.49. The number of aldehydes is 1. The molecule has 1 aliphatic rings. The van der Waals surface area contributed by atoms with Crippen molar-refractivity contribution in [2.45, 2.75) is 6.42 Å². The molecule has 0 atom stereocenters. The van der Waals surface area contributed by atoms with Crippen LogP contribution in [0.3, 0.4) is 0 Å². The minimum atomic E-state index is 0.482. The van der Waals surface area contributed by atoms with Crippen molar-refractivity contribution in [1.82, 2.24) is 4.90 Å². The van der Waals surface area contributed by atoms with Crippen LogP contribution in [0.5, 0.6) is 5.75 Å². The smallest absolute Gasteiger partial charge is 0.150 e. The number of rotatable bonds is 6. The van der Waals surface area contributed by atoms with Crippen LogP contribution < -0.4 is 4.74 Å². The SMILES string of the molecule is O=Cc1ccc(OCCCN2CCOCC2)c(Cl)c1. The molecule has 0 aromatic heterocycles. The molecule has 1 aliphatic heterocycles. The molecule has 1 aromatic carbocycles. The van der Waals surface area contributed by atoms with Crippen molar-refractivity contribution in [1.29, 1.82) is 0 Å². The zero-order valence-corrected chi connectivity index (χ0v) is 11.6. The predicted molar refractivity (Wildman–Crippen MR) is 74.2 cm³/mol. The van der Waals surface area contributed by atoms with Crippen LogP contribution in [0.4, 0.5) is 0 Å². The van der Waals surface area contributed by atoms with Gasteiger partial charge in [0.25, 0.3) is 0 Å². The van der Waals surface area contributed by atoms with E-state index in [0.29, 0.717) is 22.9 Å². The second kappa shape index (κ2) is 7.48. The molecule has 1 fully saturated rings. The Balaban J connectivity index is 1.71. The number of carbonyl (C=O) groups is 1. The van der Waals surface area contributed by atoms with Gasteiger partial charge in [-0.15, -0.1) is 0 Å². The van der Waals surface area contributed by atoms with Crippen molar-refractivity contribution in [2.75, 3.05) is 39.5 Å². The summed E-state index contributed by atoms with van der Waals surface area (Å²) in [7, 11) is 0. The van der Waals surface area contributed by atoms with E-state index in [9.17, 15) is 4.79 Å². The second-order valence-electron chi connectivity index (χ2n) is 4.46. The minimum Gasteiger partial charge on any atom is -0.492 e. The van der Waals surface area contributed by atoms with Crippen molar-refractivity contribution in [3.63, 3.8) is 0 Å². The molecule has 1 heterocycles. The van der Waals surface area contributed by atoms with E-state index in [1.165, 1.54) is 0 Å². The number of benzene rings is 1. The number of hydrogen-bond donors (Lipinski definition) is 0. The van der Waals surface area contributed by atoms with Crippen LogP contribution in [0, 0.1) is 0 Å². The molecule has 1 saturated heterocycles. The maximum Gasteiger partial charge on any atom is 0.150 e. The number of ether oxygens (including phenoxy) is 2. The summed E-state index contributed by atoms with van der Waals surface area (Å²) >= 11 is 6.02. The maximum atomic E-state index is 10.6. The first-order valence-corrected chi connectivity index (χ1v) is 6.85. The van der Waals surface area contributed by atoms with Gasteiger partial charge in [-0.25, -0.2) is 0 Å². The van der Waals surface area contributed by atoms with Crippen LogP contribution in [0.15, 0.2) is 18.2 Å². The highest BCUT2D eigenvalue weighted by Gasteiger charge is 2.09. The molecular weight excluding hydrogens is 266 g/mol. The van der Waals surface area contributed by atoms with Crippen molar-refractivity contribution in [3.05, 3.63) is 28.8 Å². The number of hydrogen-bond acceptors (Lipinski definition) is 4. The first kappa shape index (κ1) is 14.3. The van der Waals surface area contributed by atoms with Crippen LogP contribution >= 0.6 is 11.6 Å². The fraction of sp³-hybridized carbons (Fsp3) is 0.500. The van der Waals surface area contributed by atoms with Gasteiger partial charge in [0, 0.05) is 25.2 Å². The zero-order chi connectivity index (χ0) is 13.5. The van der Waals surface area contributed by atoms with E-state index in [1.807, 2.05) is 0 Å². The lowest BCUT2D eigenvalue weighted by Crippen LogP contribution is -2.37. The van der Waals surface area contributed by atoms with Crippen LogP contribution in [0.25, 0.3) is 0 Å². The first-order chi connectivity index (χ1) is 9.29. The van der Waals surface area contributed by atoms with E-state index in [2.05, 4.69) is 4.90 Å². The van der Waals surface area contributed by atoms with Gasteiger partial charge in [0.05, 0.1) is 24.8 Å². The Morgan fingerprint density at radius 3 is 2.84 bits per heavy atom. The largest absolute Gasteiger partial charge is 0.492 e. The maximum absolute atomic E-state index is 10.6. The van der Waals surface area contributed by atoms with Crippen molar-refractivity contribution in [2.24, 2.45) is 0 Å². The molecule has 0 N–H and O–H groups in total. The third-order valence-electron chi connectivity index (χ3n) is 3.07. The van der Waals surface area contributed by atoms with Crippen LogP contribution in [-0.2, 0) is 4.74 Å². The summed E-state index contributed by atoms with van der Waals surface area (Å²) in [5, 5.41) is 0.482. The Hall–Kier alpha value is -1.10. The molecule has 1 aromatic rings. The first-order valence-electron chi connectivity index (χ1n) is 6.47. The van der Waals surface area contributed by atoms with Crippen molar-refractivity contribution >= 4 is 17.9 Å². The molecule has 5 heteroatoms. The van der Waals surface area contributed by atoms with Crippen LogP contribution in [-0.4, -0.2) is 50.6 Å². The van der Waals surface area contributed by atoms with Gasteiger partial charge in [0.1, 0.15) is 12.0 Å². The zero-order valence-electron chi connectivity index (χ0n) is 10.8. The Kier molecular flexibility index (Phi) is 5.63. The standard InChI is InChI=1S/C14H18ClNO3/c15-13-10-12(11-17)2-3-14(13)19-7-1-4-16-5-8-18-9-6-16/h2-3,10-11H,1,4-9H2. The van der Waals surface area contributed by atoms with Gasteiger partial charge in [-0.2, -0.15) is 0 Å². The lowest BCUT2D eigenvalue weighted by atomic mass is 10.2. The normalized spacial score (nSPS) is 16.3. The summed E-state index contributed by atoms with van der Waals surface area (Å²) in [4.78, 5) is 13.0. The van der Waals surface area contributed by atoms with Gasteiger partial charge >= 0.3 is 0 Å². The van der Waals surface area contributed by atoms with E-state index in [-0.39, 0.29) is 0 Å². The molecule has 19 heavy (non-hydrogen) atoms. The van der Waals surface area contributed by atoms with Gasteiger partial charge in [0.15, 0.2) is 0 Å². The fourth-order valence-electron chi connectivity index (χ4n) is 2.00. The highest BCUT2D eigenvalue weighted by Crippen LogP contribution is 2.24. The topological polar surface area (TPSA) is 38.8 Å². The minimum absolute atomic E-state index is 0.482. The summed E-state index contributed by atoms with van der Waals surface area (Å²) in [5.41, 5.74) is 0.561. The lowest BCUT2D eigenvalue weighted by molar-refractivity contribution is 0.0358. The van der Waals surface area contributed by atoms with E-state index in [0.717, 1.165) is 45.6 Å². The van der Waals surface area contributed by atoms with Crippen molar-refractivity contribution < 1.29 is 14.3 Å². The Labute approximate surface area is 118 Å². The van der Waals surface area contributed by atoms with Gasteiger partial charge < -0.3 is 9.47 Å². The van der Waals surface area contributed by atoms with E-state index < -0.39 is 0 Å². The quantitative estimate of drug-likeness (QED) is 0.593. The molecular formula is C14H18ClNO3. The van der Waals surface area contributed by atoms with Crippen molar-refractivity contribution in [3.8, 4) is 5.75 Å². The van der Waals surface area contributed by atoms with Gasteiger partial charge in [0.2, 0.25) is 0 Å². The van der Waals surface area contributed by atoms with Gasteiger partial charge in [-0.05, 0) is 24.6 Å². The number of carbonyl (C=O) groups excluding carboxylic acids is 1. The summed E-state index contributed by atoms with van der Waals surface area (Å²) in [6.07, 6.45) is 1.72. The third-order valence-corrected chi connectivity index (χ3v) is 3.37. The molecule has 2 rings (SSSR count). The summed E-state index contributed by atoms with van der Waals surface area (Å²) in [5.74, 6) is 0.634. The Morgan fingerprint density at radius 2 is 2.16 bits per heavy atom. The molecule has 0 bridgehead atoms. The summed E-state index contributed by atoms with van der Waals surface area (Å²) in [6.45, 7) is 5.26. The highest BCUT2D eigenvalue weighted by atomic mass is 35.5. The van der Waals surface area contributed by atoms with Crippen LogP contribution in [0.2, 0.25) is 5.02 Å². The lowest BCUT2D eigenvalue weighted by Gasteiger charge is -2.26. The van der Waals surface area contributed by atoms with Gasteiger partial charge in [-0.3, -0.25) is 9.69 Å². The Morgan fingerprint density at radius 1 is 1.37 bits per heavy atom. The number of halogens is 1. The monoisotopic (exact) mass is 283 g/mol. The Bertz CT molecular complexity index is 419. The van der Waals surface area contributed by atoms with E-state index >= 15 is 0 Å². The summed E-state index contributed by atoms with van der Waals surface area (Å²) in [6, 6.07) is 5.06. The molecule has 0 saturated carbocycles. The average Bonchev–Trinajstić information content (AvgIpc) is 2.46. The predicted octanol–water partition coefficient (Wildman–Crippen LogP) is 2.25. The molecule has 4 nitrogen and oxygen atoms in total.